The van der Waals surface area contributed by atoms with Crippen LogP contribution >= 0.6 is 0 Å². The Morgan fingerprint density at radius 1 is 0.923 bits per heavy atom. The summed E-state index contributed by atoms with van der Waals surface area (Å²) in [5.41, 5.74) is 9.04. The Bertz CT molecular complexity index is 1550. The number of hydrogen-bond donors (Lipinski definition) is 2. The Hall–Kier alpha value is -3.81. The van der Waals surface area contributed by atoms with E-state index in [4.69, 9.17) is 4.99 Å². The first-order valence-electron chi connectivity index (χ1n) is 13.3. The number of halogens is 2. The third kappa shape index (κ3) is 4.77. The number of allylic oxidation sites excluding steroid dienone is 2. The van der Waals surface area contributed by atoms with Crippen molar-refractivity contribution in [1.82, 2.24) is 4.48 Å². The molecule has 3 aromatic rings. The number of aromatic hydroxyl groups is 2. The van der Waals surface area contributed by atoms with Crippen LogP contribution in [0.15, 0.2) is 58.2 Å². The summed E-state index contributed by atoms with van der Waals surface area (Å²) in [5.74, 6) is -0.0226. The maximum Gasteiger partial charge on any atom is 0.677 e. The molecular weight excluding hydrogens is 495 g/mol. The SMILES string of the molecule is CCC1=C(C)/C(=C(\c2ccc(-c3ccc(N(C)C)cc3O)c(O)c2)c2c(C)c(CC)c(C)n2B(F)F)N=C1C. The van der Waals surface area contributed by atoms with Gasteiger partial charge >= 0.3 is 7.40 Å². The number of aliphatic imine (C=N–C) groups is 1. The Kier molecular flexibility index (Phi) is 7.78. The largest absolute Gasteiger partial charge is 0.677 e. The Balaban J connectivity index is 2.02. The van der Waals surface area contributed by atoms with Gasteiger partial charge in [0.15, 0.2) is 0 Å². The second kappa shape index (κ2) is 10.8. The van der Waals surface area contributed by atoms with Gasteiger partial charge in [-0.15, -0.1) is 0 Å². The summed E-state index contributed by atoms with van der Waals surface area (Å²) in [5, 5.41) is 21.9. The zero-order valence-corrected chi connectivity index (χ0v) is 23.9. The molecule has 8 heteroatoms. The molecule has 1 aliphatic heterocycles. The van der Waals surface area contributed by atoms with Gasteiger partial charge in [0.25, 0.3) is 0 Å². The van der Waals surface area contributed by atoms with Gasteiger partial charge in [-0.2, -0.15) is 0 Å². The molecule has 0 bridgehead atoms. The van der Waals surface area contributed by atoms with Crippen molar-refractivity contribution in [2.24, 2.45) is 4.99 Å². The van der Waals surface area contributed by atoms with E-state index in [-0.39, 0.29) is 11.5 Å². The van der Waals surface area contributed by atoms with E-state index in [1.807, 2.05) is 58.8 Å². The molecule has 0 spiro atoms. The fourth-order valence-electron chi connectivity index (χ4n) is 5.81. The summed E-state index contributed by atoms with van der Waals surface area (Å²) >= 11 is 0. The predicted molar refractivity (Wildman–Crippen MR) is 158 cm³/mol. The highest BCUT2D eigenvalue weighted by molar-refractivity contribution is 6.41. The van der Waals surface area contributed by atoms with Gasteiger partial charge in [-0.25, -0.2) is 0 Å². The summed E-state index contributed by atoms with van der Waals surface area (Å²) in [7, 11) is 1.02. The van der Waals surface area contributed by atoms with E-state index >= 15 is 0 Å². The number of rotatable bonds is 7. The monoisotopic (exact) mass is 531 g/mol. The molecule has 0 saturated carbocycles. The number of phenols is 2. The summed E-state index contributed by atoms with van der Waals surface area (Å²) in [6, 6.07) is 10.4. The molecule has 0 aliphatic carbocycles. The van der Waals surface area contributed by atoms with Crippen LogP contribution in [0.5, 0.6) is 11.5 Å². The molecule has 1 aliphatic rings. The number of benzene rings is 2. The van der Waals surface area contributed by atoms with E-state index in [1.54, 1.807) is 31.2 Å². The predicted octanol–water partition coefficient (Wildman–Crippen LogP) is 7.54. The lowest BCUT2D eigenvalue weighted by molar-refractivity contribution is 0.469. The molecule has 0 atom stereocenters. The van der Waals surface area contributed by atoms with Crippen LogP contribution in [-0.4, -0.2) is 41.9 Å². The fraction of sp³-hybridized carbons (Fsp3) is 0.323. The average molecular weight is 531 g/mol. The first-order valence-corrected chi connectivity index (χ1v) is 13.3. The molecule has 0 radical (unpaired) electrons. The van der Waals surface area contributed by atoms with Crippen LogP contribution < -0.4 is 4.90 Å². The highest BCUT2D eigenvalue weighted by Crippen LogP contribution is 2.44. The highest BCUT2D eigenvalue weighted by atomic mass is 19.2. The van der Waals surface area contributed by atoms with Gasteiger partial charge in [0.1, 0.15) is 11.5 Å². The van der Waals surface area contributed by atoms with Gasteiger partial charge in [0.2, 0.25) is 0 Å². The molecule has 0 amide bonds. The molecule has 5 nitrogen and oxygen atoms in total. The van der Waals surface area contributed by atoms with Crippen LogP contribution in [0.3, 0.4) is 0 Å². The quantitative estimate of drug-likeness (QED) is 0.310. The molecule has 1 aromatic heterocycles. The van der Waals surface area contributed by atoms with E-state index in [9.17, 15) is 18.8 Å². The third-order valence-corrected chi connectivity index (χ3v) is 7.82. The topological polar surface area (TPSA) is 61.0 Å². The average Bonchev–Trinajstić information content (AvgIpc) is 3.30. The fourth-order valence-corrected chi connectivity index (χ4v) is 5.81. The van der Waals surface area contributed by atoms with E-state index < -0.39 is 7.40 Å². The van der Waals surface area contributed by atoms with Gasteiger partial charge in [0.05, 0.1) is 5.70 Å². The summed E-state index contributed by atoms with van der Waals surface area (Å²) in [6.45, 7) is 11.6. The minimum Gasteiger partial charge on any atom is -0.507 e. The van der Waals surface area contributed by atoms with E-state index in [0.717, 1.165) is 44.6 Å². The van der Waals surface area contributed by atoms with E-state index in [1.165, 1.54) is 0 Å². The van der Waals surface area contributed by atoms with Crippen molar-refractivity contribution in [3.63, 3.8) is 0 Å². The highest BCUT2D eigenvalue weighted by Gasteiger charge is 2.32. The second-order valence-corrected chi connectivity index (χ2v) is 10.2. The molecule has 0 unspecified atom stereocenters. The number of hydrogen-bond acceptors (Lipinski definition) is 4. The van der Waals surface area contributed by atoms with Crippen LogP contribution in [0, 0.1) is 13.8 Å². The molecule has 2 heterocycles. The van der Waals surface area contributed by atoms with Gasteiger partial charge < -0.3 is 19.6 Å². The molecule has 204 valence electrons. The molecule has 2 N–H and O–H groups in total. The van der Waals surface area contributed by atoms with Crippen LogP contribution in [0.4, 0.5) is 14.3 Å². The van der Waals surface area contributed by atoms with Crippen molar-refractivity contribution in [2.75, 3.05) is 19.0 Å². The van der Waals surface area contributed by atoms with Gasteiger partial charge in [0, 0.05) is 59.6 Å². The van der Waals surface area contributed by atoms with Crippen molar-refractivity contribution in [2.45, 2.75) is 54.4 Å². The van der Waals surface area contributed by atoms with Crippen LogP contribution in [0.2, 0.25) is 0 Å². The number of aromatic nitrogens is 1. The number of nitrogens with zero attached hydrogens (tertiary/aromatic N) is 3. The Labute approximate surface area is 230 Å². The number of phenolic OH excluding ortho intramolecular Hbond substituents is 2. The van der Waals surface area contributed by atoms with Crippen molar-refractivity contribution in [3.8, 4) is 22.6 Å². The van der Waals surface area contributed by atoms with Crippen LogP contribution in [0.1, 0.15) is 62.2 Å². The second-order valence-electron chi connectivity index (χ2n) is 10.2. The lowest BCUT2D eigenvalue weighted by Crippen LogP contribution is -2.18. The smallest absolute Gasteiger partial charge is 0.507 e. The van der Waals surface area contributed by atoms with Crippen molar-refractivity contribution < 1.29 is 18.8 Å². The molecule has 0 saturated heterocycles. The molecular formula is C31H36BF2N3O2. The standard InChI is InChI=1S/C31H36BF2N3O2/c1-9-23-17(3)30(35-19(23)5)29(31-18(4)24(10-2)20(6)37(31)32(33)34)21-11-13-25(27(38)15-21)26-14-12-22(36(7)8)16-28(26)39/h11-16,38-39H,9-10H2,1-8H3/b30-29-. The minimum absolute atomic E-state index is 0.0378. The molecule has 2 aromatic carbocycles. The van der Waals surface area contributed by atoms with Crippen molar-refractivity contribution >= 4 is 24.4 Å². The Morgan fingerprint density at radius 2 is 1.54 bits per heavy atom. The molecule has 0 fully saturated rings. The first-order chi connectivity index (χ1) is 18.4. The zero-order chi connectivity index (χ0) is 28.8. The van der Waals surface area contributed by atoms with Gasteiger partial charge in [-0.3, -0.25) is 13.6 Å². The summed E-state index contributed by atoms with van der Waals surface area (Å²) in [6.07, 6.45) is 1.40. The molecule has 4 rings (SSSR count). The Morgan fingerprint density at radius 3 is 2.03 bits per heavy atom. The third-order valence-electron chi connectivity index (χ3n) is 7.82. The molecule has 39 heavy (non-hydrogen) atoms. The zero-order valence-electron chi connectivity index (χ0n) is 23.9. The van der Waals surface area contributed by atoms with E-state index in [0.29, 0.717) is 45.8 Å². The lowest BCUT2D eigenvalue weighted by Gasteiger charge is -2.18. The maximum atomic E-state index is 14.6. The normalized spacial score (nSPS) is 14.7. The summed E-state index contributed by atoms with van der Waals surface area (Å²) < 4.78 is 30.3. The van der Waals surface area contributed by atoms with Crippen molar-refractivity contribution in [3.05, 3.63) is 81.3 Å². The van der Waals surface area contributed by atoms with Gasteiger partial charge in [-0.1, -0.05) is 19.9 Å². The maximum absolute atomic E-state index is 14.6. The first kappa shape index (κ1) is 28.2. The van der Waals surface area contributed by atoms with Crippen LogP contribution in [-0.2, 0) is 6.42 Å². The van der Waals surface area contributed by atoms with E-state index in [2.05, 4.69) is 6.92 Å². The summed E-state index contributed by atoms with van der Waals surface area (Å²) in [4.78, 5) is 6.75. The number of anilines is 1. The lowest BCUT2D eigenvalue weighted by atomic mass is 9.91. The minimum atomic E-state index is -2.74. The van der Waals surface area contributed by atoms with Crippen LogP contribution in [0.25, 0.3) is 16.7 Å². The van der Waals surface area contributed by atoms with Gasteiger partial charge in [-0.05, 0) is 92.6 Å². The van der Waals surface area contributed by atoms with Crippen molar-refractivity contribution in [1.29, 1.82) is 0 Å².